The van der Waals surface area contributed by atoms with Gasteiger partial charge in [0.2, 0.25) is 0 Å². The minimum atomic E-state index is -0.455. The van der Waals surface area contributed by atoms with Crippen molar-refractivity contribution in [3.8, 4) is 5.75 Å². The lowest BCUT2D eigenvalue weighted by Gasteiger charge is -2.19. The summed E-state index contributed by atoms with van der Waals surface area (Å²) < 4.78 is 5.42. The second kappa shape index (κ2) is 6.37. The summed E-state index contributed by atoms with van der Waals surface area (Å²) in [6, 6.07) is 7.84. The molecule has 18 heavy (non-hydrogen) atoms. The monoisotopic (exact) mass is 252 g/mol. The molecule has 5 heteroatoms. The van der Waals surface area contributed by atoms with E-state index in [1.54, 1.807) is 0 Å². The second-order valence-corrected chi connectivity index (χ2v) is 4.96. The average molecular weight is 252 g/mol. The number of ether oxygens (including phenoxy) is 1. The summed E-state index contributed by atoms with van der Waals surface area (Å²) in [6.07, 6.45) is 0.144. The van der Waals surface area contributed by atoms with Crippen molar-refractivity contribution in [2.45, 2.75) is 32.6 Å². The number of hydrogen-bond acceptors (Lipinski definition) is 5. The third-order valence-corrected chi connectivity index (χ3v) is 2.47. The molecule has 0 atom stereocenters. The van der Waals surface area contributed by atoms with Gasteiger partial charge >= 0.3 is 5.97 Å². The molecule has 3 N–H and O–H groups in total. The van der Waals surface area contributed by atoms with Crippen LogP contribution in [0, 0.1) is 0 Å². The van der Waals surface area contributed by atoms with Crippen LogP contribution in [0.3, 0.4) is 0 Å². The zero-order chi connectivity index (χ0) is 13.6. The van der Waals surface area contributed by atoms with Gasteiger partial charge in [-0.1, -0.05) is 38.5 Å². The molecule has 1 aromatic carbocycles. The molecular weight excluding hydrogens is 232 g/mol. The first-order valence-electron chi connectivity index (χ1n) is 5.82. The molecule has 0 aliphatic heterocycles. The van der Waals surface area contributed by atoms with Crippen molar-refractivity contribution in [1.82, 2.24) is 5.59 Å². The van der Waals surface area contributed by atoms with Crippen LogP contribution < -0.4 is 16.2 Å². The van der Waals surface area contributed by atoms with Crippen molar-refractivity contribution in [2.75, 3.05) is 6.61 Å². The predicted molar refractivity (Wildman–Crippen MR) is 68.7 cm³/mol. The second-order valence-electron chi connectivity index (χ2n) is 4.96. The molecule has 5 nitrogen and oxygen atoms in total. The van der Waals surface area contributed by atoms with Gasteiger partial charge in [-0.2, -0.15) is 0 Å². The Kier molecular flexibility index (Phi) is 5.12. The van der Waals surface area contributed by atoms with Crippen LogP contribution in [0.5, 0.6) is 5.75 Å². The van der Waals surface area contributed by atoms with Crippen LogP contribution in [0.25, 0.3) is 0 Å². The first kappa shape index (κ1) is 14.5. The highest BCUT2D eigenvalue weighted by Gasteiger charge is 2.13. The molecule has 0 aromatic heterocycles. The summed E-state index contributed by atoms with van der Waals surface area (Å²) in [7, 11) is 0. The van der Waals surface area contributed by atoms with Gasteiger partial charge in [-0.15, -0.1) is 0 Å². The SMILES string of the molecule is CC(C)(C)c1ccc(OCCC(=O)ONN)cc1. The first-order valence-corrected chi connectivity index (χ1v) is 5.82. The summed E-state index contributed by atoms with van der Waals surface area (Å²) in [5, 5.41) is 0. The van der Waals surface area contributed by atoms with Gasteiger partial charge < -0.3 is 9.57 Å². The number of nitrogens with two attached hydrogens (primary N) is 1. The van der Waals surface area contributed by atoms with Crippen LogP contribution in [0.4, 0.5) is 0 Å². The van der Waals surface area contributed by atoms with Crippen molar-refractivity contribution < 1.29 is 14.4 Å². The zero-order valence-corrected chi connectivity index (χ0v) is 11.0. The maximum absolute atomic E-state index is 11.0. The molecule has 0 saturated heterocycles. The highest BCUT2D eigenvalue weighted by atomic mass is 16.7. The van der Waals surface area contributed by atoms with Crippen LogP contribution >= 0.6 is 0 Å². The van der Waals surface area contributed by atoms with E-state index in [9.17, 15) is 4.79 Å². The summed E-state index contributed by atoms with van der Waals surface area (Å²) in [5.74, 6) is 5.11. The summed E-state index contributed by atoms with van der Waals surface area (Å²) in [6.45, 7) is 6.71. The minimum Gasteiger partial charge on any atom is -0.493 e. The maximum atomic E-state index is 11.0. The fourth-order valence-corrected chi connectivity index (χ4v) is 1.42. The third kappa shape index (κ3) is 4.73. The Morgan fingerprint density at radius 1 is 1.28 bits per heavy atom. The Bertz CT molecular complexity index is 382. The number of carbonyl (C=O) groups is 1. The van der Waals surface area contributed by atoms with Gasteiger partial charge in [0, 0.05) is 0 Å². The Morgan fingerprint density at radius 2 is 1.89 bits per heavy atom. The van der Waals surface area contributed by atoms with Gasteiger partial charge in [0.25, 0.3) is 0 Å². The van der Waals surface area contributed by atoms with E-state index in [-0.39, 0.29) is 18.4 Å². The fourth-order valence-electron chi connectivity index (χ4n) is 1.42. The molecule has 0 aliphatic carbocycles. The van der Waals surface area contributed by atoms with Gasteiger partial charge in [0.05, 0.1) is 13.0 Å². The van der Waals surface area contributed by atoms with Crippen LogP contribution in [0.1, 0.15) is 32.8 Å². The number of rotatable bonds is 5. The number of hydrazine groups is 1. The lowest BCUT2D eigenvalue weighted by molar-refractivity contribution is -0.151. The van der Waals surface area contributed by atoms with E-state index in [1.807, 2.05) is 29.9 Å². The van der Waals surface area contributed by atoms with Crippen LogP contribution in [-0.4, -0.2) is 12.6 Å². The van der Waals surface area contributed by atoms with Gasteiger partial charge in [-0.05, 0) is 23.1 Å². The van der Waals surface area contributed by atoms with Gasteiger partial charge in [0.1, 0.15) is 5.75 Å². The van der Waals surface area contributed by atoms with Gasteiger partial charge in [-0.3, -0.25) is 4.79 Å². The fraction of sp³-hybridized carbons (Fsp3) is 0.462. The Balaban J connectivity index is 2.42. The van der Waals surface area contributed by atoms with Crippen molar-refractivity contribution in [3.63, 3.8) is 0 Å². The number of benzene rings is 1. The normalized spacial score (nSPS) is 11.1. The molecule has 0 unspecified atom stereocenters. The molecule has 0 bridgehead atoms. The standard InChI is InChI=1S/C13H20N2O3/c1-13(2,3)10-4-6-11(7-5-10)17-9-8-12(16)18-15-14/h4-7,15H,8-9,14H2,1-3H3. The highest BCUT2D eigenvalue weighted by molar-refractivity contribution is 5.69. The van der Waals surface area contributed by atoms with E-state index < -0.39 is 5.97 Å². The van der Waals surface area contributed by atoms with Crippen molar-refractivity contribution >= 4 is 5.97 Å². The molecule has 0 saturated carbocycles. The summed E-state index contributed by atoms with van der Waals surface area (Å²) in [5.41, 5.74) is 3.19. The average Bonchev–Trinajstić information content (AvgIpc) is 2.29. The lowest BCUT2D eigenvalue weighted by atomic mass is 9.87. The molecule has 0 fully saturated rings. The topological polar surface area (TPSA) is 73.6 Å². The van der Waals surface area contributed by atoms with Gasteiger partial charge in [0.15, 0.2) is 0 Å². The molecule has 1 rings (SSSR count). The van der Waals surface area contributed by atoms with Crippen LogP contribution in [0.2, 0.25) is 0 Å². The highest BCUT2D eigenvalue weighted by Crippen LogP contribution is 2.24. The van der Waals surface area contributed by atoms with E-state index in [0.29, 0.717) is 0 Å². The molecule has 0 heterocycles. The van der Waals surface area contributed by atoms with Crippen molar-refractivity contribution in [2.24, 2.45) is 5.84 Å². The molecular formula is C13H20N2O3. The molecule has 0 spiro atoms. The molecule has 1 aromatic rings. The molecule has 0 radical (unpaired) electrons. The predicted octanol–water partition coefficient (Wildman–Crippen LogP) is 1.67. The molecule has 100 valence electrons. The third-order valence-electron chi connectivity index (χ3n) is 2.47. The lowest BCUT2D eigenvalue weighted by Crippen LogP contribution is -2.26. The smallest absolute Gasteiger partial charge is 0.329 e. The van der Waals surface area contributed by atoms with E-state index in [2.05, 4.69) is 25.6 Å². The first-order chi connectivity index (χ1) is 8.43. The van der Waals surface area contributed by atoms with E-state index >= 15 is 0 Å². The molecule has 0 aliphatic rings. The van der Waals surface area contributed by atoms with E-state index in [1.165, 1.54) is 5.56 Å². The largest absolute Gasteiger partial charge is 0.493 e. The summed E-state index contributed by atoms with van der Waals surface area (Å²) in [4.78, 5) is 15.3. The minimum absolute atomic E-state index is 0.120. The maximum Gasteiger partial charge on any atom is 0.329 e. The van der Waals surface area contributed by atoms with Crippen molar-refractivity contribution in [3.05, 3.63) is 29.8 Å². The van der Waals surface area contributed by atoms with Gasteiger partial charge in [-0.25, -0.2) is 5.84 Å². The summed E-state index contributed by atoms with van der Waals surface area (Å²) >= 11 is 0. The van der Waals surface area contributed by atoms with Crippen LogP contribution in [0.15, 0.2) is 24.3 Å². The number of hydrogen-bond donors (Lipinski definition) is 2. The molecule has 0 amide bonds. The van der Waals surface area contributed by atoms with Crippen LogP contribution in [-0.2, 0) is 15.0 Å². The zero-order valence-electron chi connectivity index (χ0n) is 11.0. The Labute approximate surface area is 107 Å². The van der Waals surface area contributed by atoms with E-state index in [4.69, 9.17) is 10.6 Å². The van der Waals surface area contributed by atoms with E-state index in [0.717, 1.165) is 5.75 Å². The Hall–Kier alpha value is -1.59. The number of nitrogens with one attached hydrogen (secondary N) is 1. The number of carbonyl (C=O) groups excluding carboxylic acids is 1. The quantitative estimate of drug-likeness (QED) is 0.616. The Morgan fingerprint density at radius 3 is 2.39 bits per heavy atom. The van der Waals surface area contributed by atoms with Crippen molar-refractivity contribution in [1.29, 1.82) is 0 Å².